The van der Waals surface area contributed by atoms with Gasteiger partial charge in [0.25, 0.3) is 0 Å². The minimum Gasteiger partial charge on any atom is -0.350 e. The van der Waals surface area contributed by atoms with Crippen molar-refractivity contribution < 1.29 is 9.59 Å². The van der Waals surface area contributed by atoms with Crippen molar-refractivity contribution in [2.75, 3.05) is 6.54 Å². The number of aromatic nitrogens is 2. The lowest BCUT2D eigenvalue weighted by Gasteiger charge is -2.30. The predicted molar refractivity (Wildman–Crippen MR) is 106 cm³/mol. The molecule has 1 fully saturated rings. The topological polar surface area (TPSA) is 67.2 Å². The van der Waals surface area contributed by atoms with Gasteiger partial charge in [-0.3, -0.25) is 14.3 Å². The number of nitrogens with zero attached hydrogens (tertiary/aromatic N) is 3. The van der Waals surface area contributed by atoms with Gasteiger partial charge in [-0.2, -0.15) is 5.10 Å². The van der Waals surface area contributed by atoms with Crippen molar-refractivity contribution >= 4 is 11.8 Å². The number of rotatable bonds is 5. The Morgan fingerprint density at radius 3 is 2.79 bits per heavy atom. The van der Waals surface area contributed by atoms with E-state index in [-0.39, 0.29) is 11.8 Å². The first-order chi connectivity index (χ1) is 13.6. The van der Waals surface area contributed by atoms with Crippen LogP contribution in [-0.4, -0.2) is 33.0 Å². The van der Waals surface area contributed by atoms with Crippen LogP contribution in [0.4, 0.5) is 0 Å². The summed E-state index contributed by atoms with van der Waals surface area (Å²) in [7, 11) is 0. The molecule has 2 heterocycles. The summed E-state index contributed by atoms with van der Waals surface area (Å²) in [5.74, 6) is 0.527. The first-order valence-corrected chi connectivity index (χ1v) is 10.2. The van der Waals surface area contributed by atoms with Gasteiger partial charge >= 0.3 is 0 Å². The summed E-state index contributed by atoms with van der Waals surface area (Å²) in [6.45, 7) is 4.70. The van der Waals surface area contributed by atoms with E-state index >= 15 is 0 Å². The van der Waals surface area contributed by atoms with E-state index in [2.05, 4.69) is 10.4 Å². The maximum Gasteiger partial charge on any atom is 0.226 e. The normalized spacial score (nSPS) is 16.8. The summed E-state index contributed by atoms with van der Waals surface area (Å²) in [5, 5.41) is 7.61. The zero-order valence-corrected chi connectivity index (χ0v) is 16.5. The molecular formula is C22H28N4O2. The third kappa shape index (κ3) is 4.26. The molecule has 6 heteroatoms. The fourth-order valence-electron chi connectivity index (χ4n) is 3.97. The van der Waals surface area contributed by atoms with Crippen LogP contribution < -0.4 is 5.32 Å². The van der Waals surface area contributed by atoms with Crippen molar-refractivity contribution in [3.05, 3.63) is 52.8 Å². The van der Waals surface area contributed by atoms with Gasteiger partial charge in [0.05, 0.1) is 30.9 Å². The zero-order chi connectivity index (χ0) is 19.5. The number of aryl methyl sites for hydroxylation is 2. The van der Waals surface area contributed by atoms with Gasteiger partial charge in [0.2, 0.25) is 11.8 Å². The van der Waals surface area contributed by atoms with Crippen molar-refractivity contribution in [1.82, 2.24) is 20.0 Å². The van der Waals surface area contributed by atoms with Crippen LogP contribution in [0.1, 0.15) is 48.2 Å². The molecule has 1 saturated carbocycles. The molecule has 0 radical (unpaired) electrons. The van der Waals surface area contributed by atoms with Gasteiger partial charge in [0, 0.05) is 19.0 Å². The fraction of sp³-hybridized carbons (Fsp3) is 0.500. The summed E-state index contributed by atoms with van der Waals surface area (Å²) in [4.78, 5) is 26.8. The van der Waals surface area contributed by atoms with Crippen LogP contribution in [0.2, 0.25) is 0 Å². The molecule has 2 aliphatic rings. The fourth-order valence-corrected chi connectivity index (χ4v) is 3.97. The minimum absolute atomic E-state index is 0.00409. The van der Waals surface area contributed by atoms with E-state index < -0.39 is 0 Å². The summed E-state index contributed by atoms with van der Waals surface area (Å²) in [6, 6.07) is 10.0. The monoisotopic (exact) mass is 380 g/mol. The molecule has 148 valence electrons. The molecule has 1 aromatic heterocycles. The summed E-state index contributed by atoms with van der Waals surface area (Å²) >= 11 is 0. The smallest absolute Gasteiger partial charge is 0.226 e. The highest BCUT2D eigenvalue weighted by Gasteiger charge is 2.30. The Bertz CT molecular complexity index is 869. The van der Waals surface area contributed by atoms with Gasteiger partial charge in [-0.05, 0) is 37.8 Å². The van der Waals surface area contributed by atoms with Crippen LogP contribution in [0, 0.1) is 12.8 Å². The van der Waals surface area contributed by atoms with Gasteiger partial charge in [-0.1, -0.05) is 36.2 Å². The lowest BCUT2D eigenvalue weighted by atomic mass is 9.84. The molecule has 1 aliphatic heterocycles. The van der Waals surface area contributed by atoms with Crippen LogP contribution in [0.25, 0.3) is 0 Å². The van der Waals surface area contributed by atoms with Crippen molar-refractivity contribution in [2.24, 2.45) is 5.92 Å². The first-order valence-electron chi connectivity index (χ1n) is 10.2. The number of hydrogen-bond acceptors (Lipinski definition) is 3. The van der Waals surface area contributed by atoms with Crippen molar-refractivity contribution in [1.29, 1.82) is 0 Å². The average Bonchev–Trinajstić information content (AvgIpc) is 2.88. The second-order valence-electron chi connectivity index (χ2n) is 8.03. The van der Waals surface area contributed by atoms with Crippen molar-refractivity contribution in [3.63, 3.8) is 0 Å². The highest BCUT2D eigenvalue weighted by Crippen LogP contribution is 2.29. The minimum atomic E-state index is -0.00409. The third-order valence-corrected chi connectivity index (χ3v) is 5.74. The molecule has 2 aromatic rings. The summed E-state index contributed by atoms with van der Waals surface area (Å²) in [5.41, 5.74) is 4.09. The maximum atomic E-state index is 12.6. The van der Waals surface area contributed by atoms with Crippen LogP contribution in [0.15, 0.2) is 30.3 Å². The van der Waals surface area contributed by atoms with Gasteiger partial charge in [0.1, 0.15) is 0 Å². The number of amides is 2. The van der Waals surface area contributed by atoms with E-state index in [9.17, 15) is 9.59 Å². The Balaban J connectivity index is 1.34. The number of benzene rings is 1. The number of fused-ring (bicyclic) bond motifs is 1. The molecule has 1 aliphatic carbocycles. The van der Waals surface area contributed by atoms with Crippen molar-refractivity contribution in [2.45, 2.75) is 58.7 Å². The van der Waals surface area contributed by atoms with E-state index in [4.69, 9.17) is 0 Å². The molecule has 4 rings (SSSR count). The van der Waals surface area contributed by atoms with Gasteiger partial charge in [-0.15, -0.1) is 0 Å². The lowest BCUT2D eigenvalue weighted by molar-refractivity contribution is -0.138. The molecule has 2 amide bonds. The Labute approximate surface area is 165 Å². The molecular weight excluding hydrogens is 352 g/mol. The molecule has 1 aromatic carbocycles. The van der Waals surface area contributed by atoms with Gasteiger partial charge < -0.3 is 10.2 Å². The molecule has 0 atom stereocenters. The quantitative estimate of drug-likeness (QED) is 0.867. The molecule has 6 nitrogen and oxygen atoms in total. The lowest BCUT2D eigenvalue weighted by Crippen LogP contribution is -2.38. The second-order valence-corrected chi connectivity index (χ2v) is 8.03. The van der Waals surface area contributed by atoms with E-state index in [0.29, 0.717) is 25.4 Å². The Hall–Kier alpha value is -2.63. The van der Waals surface area contributed by atoms with Gasteiger partial charge in [-0.25, -0.2) is 0 Å². The Morgan fingerprint density at radius 2 is 2.04 bits per heavy atom. The predicted octanol–water partition coefficient (Wildman–Crippen LogP) is 2.58. The zero-order valence-electron chi connectivity index (χ0n) is 16.5. The molecule has 0 bridgehead atoms. The number of hydrogen-bond donors (Lipinski definition) is 1. The van der Waals surface area contributed by atoms with E-state index in [0.717, 1.165) is 54.9 Å². The molecule has 0 spiro atoms. The molecule has 28 heavy (non-hydrogen) atoms. The Morgan fingerprint density at radius 1 is 1.18 bits per heavy atom. The molecule has 1 N–H and O–H groups in total. The second kappa shape index (κ2) is 8.17. The Kier molecular flexibility index (Phi) is 5.46. The highest BCUT2D eigenvalue weighted by atomic mass is 16.2. The van der Waals surface area contributed by atoms with E-state index in [1.54, 1.807) is 0 Å². The SMILES string of the molecule is Cc1cccc(CC(=O)NCc2cc3n(n2)CCCN(C(=O)C2CCC2)C3)c1. The third-order valence-electron chi connectivity index (χ3n) is 5.74. The van der Waals surface area contributed by atoms with Crippen LogP contribution >= 0.6 is 0 Å². The number of carbonyl (C=O) groups excluding carboxylic acids is 2. The number of carbonyl (C=O) groups is 2. The number of nitrogens with one attached hydrogen (secondary N) is 1. The highest BCUT2D eigenvalue weighted by molar-refractivity contribution is 5.79. The van der Waals surface area contributed by atoms with E-state index in [1.807, 2.05) is 46.8 Å². The van der Waals surface area contributed by atoms with Crippen LogP contribution in [0.5, 0.6) is 0 Å². The van der Waals surface area contributed by atoms with Crippen molar-refractivity contribution in [3.8, 4) is 0 Å². The maximum absolute atomic E-state index is 12.6. The standard InChI is InChI=1S/C22H28N4O2/c1-16-5-2-6-17(11-16)12-21(27)23-14-19-13-20-15-25(9-4-10-26(20)24-19)22(28)18-7-3-8-18/h2,5-6,11,13,18H,3-4,7-10,12,14-15H2,1H3,(H,23,27). The van der Waals surface area contributed by atoms with Crippen LogP contribution in [0.3, 0.4) is 0 Å². The summed E-state index contributed by atoms with van der Waals surface area (Å²) < 4.78 is 2.00. The molecule has 0 unspecified atom stereocenters. The summed E-state index contributed by atoms with van der Waals surface area (Å²) in [6.07, 6.45) is 4.54. The van der Waals surface area contributed by atoms with Crippen LogP contribution in [-0.2, 0) is 35.6 Å². The first kappa shape index (κ1) is 18.7. The van der Waals surface area contributed by atoms with E-state index in [1.165, 1.54) is 6.42 Å². The average molecular weight is 380 g/mol. The largest absolute Gasteiger partial charge is 0.350 e. The van der Waals surface area contributed by atoms with Gasteiger partial charge in [0.15, 0.2) is 0 Å². The molecule has 0 saturated heterocycles.